The van der Waals surface area contributed by atoms with Crippen molar-refractivity contribution in [1.82, 2.24) is 15.1 Å². The molecule has 0 atom stereocenters. The molecule has 6 nitrogen and oxygen atoms in total. The van der Waals surface area contributed by atoms with Crippen LogP contribution in [0.1, 0.15) is 5.69 Å². The number of carbonyl (C=O) groups excluding carboxylic acids is 2. The van der Waals surface area contributed by atoms with Crippen LogP contribution in [0.15, 0.2) is 6.20 Å². The lowest BCUT2D eigenvalue weighted by molar-refractivity contribution is -0.141. The third-order valence-electron chi connectivity index (χ3n) is 1.99. The van der Waals surface area contributed by atoms with Crippen LogP contribution >= 0.6 is 11.6 Å². The summed E-state index contributed by atoms with van der Waals surface area (Å²) in [5, 5.41) is 6.81. The number of methoxy groups -OCH3 is 1. The van der Waals surface area contributed by atoms with Gasteiger partial charge in [-0.3, -0.25) is 14.3 Å². The van der Waals surface area contributed by atoms with Crippen LogP contribution in [0.3, 0.4) is 0 Å². The molecule has 0 aliphatic heterocycles. The molecule has 0 radical (unpaired) electrons. The minimum Gasteiger partial charge on any atom is -0.468 e. The van der Waals surface area contributed by atoms with Crippen molar-refractivity contribution < 1.29 is 14.3 Å². The van der Waals surface area contributed by atoms with Crippen molar-refractivity contribution in [1.29, 1.82) is 0 Å². The predicted molar refractivity (Wildman–Crippen MR) is 57.0 cm³/mol. The number of amides is 1. The number of halogens is 1. The molecule has 0 unspecified atom stereocenters. The third kappa shape index (κ3) is 3.23. The second-order valence-electron chi connectivity index (χ2n) is 3.09. The second-order valence-corrected chi connectivity index (χ2v) is 3.50. The van der Waals surface area contributed by atoms with Gasteiger partial charge in [-0.05, 0) is 6.92 Å². The third-order valence-corrected chi connectivity index (χ3v) is 2.37. The topological polar surface area (TPSA) is 73.2 Å². The first-order valence-corrected chi connectivity index (χ1v) is 4.93. The Labute approximate surface area is 97.5 Å². The zero-order chi connectivity index (χ0) is 12.1. The minimum atomic E-state index is -0.497. The number of esters is 1. The van der Waals surface area contributed by atoms with Crippen molar-refractivity contribution >= 4 is 23.5 Å². The highest BCUT2D eigenvalue weighted by atomic mass is 35.5. The zero-order valence-electron chi connectivity index (χ0n) is 8.99. The smallest absolute Gasteiger partial charge is 0.325 e. The fourth-order valence-electron chi connectivity index (χ4n) is 1.02. The summed E-state index contributed by atoms with van der Waals surface area (Å²) in [6.45, 7) is 1.63. The Kier molecular flexibility index (Phi) is 4.30. The SMILES string of the molecule is COC(=O)CNC(=O)Cn1ncc(Cl)c1C. The number of nitrogens with zero attached hydrogens (tertiary/aromatic N) is 2. The molecule has 0 spiro atoms. The van der Waals surface area contributed by atoms with Gasteiger partial charge >= 0.3 is 5.97 Å². The van der Waals surface area contributed by atoms with E-state index in [1.54, 1.807) is 6.92 Å². The van der Waals surface area contributed by atoms with E-state index < -0.39 is 5.97 Å². The van der Waals surface area contributed by atoms with Crippen molar-refractivity contribution in [3.63, 3.8) is 0 Å². The molecule has 0 aliphatic carbocycles. The summed E-state index contributed by atoms with van der Waals surface area (Å²) >= 11 is 5.77. The van der Waals surface area contributed by atoms with E-state index in [9.17, 15) is 9.59 Å². The first kappa shape index (κ1) is 12.5. The molecular weight excluding hydrogens is 234 g/mol. The summed E-state index contributed by atoms with van der Waals surface area (Å²) in [4.78, 5) is 22.1. The van der Waals surface area contributed by atoms with Crippen LogP contribution in [0.2, 0.25) is 5.02 Å². The molecular formula is C9H12ClN3O3. The van der Waals surface area contributed by atoms with E-state index in [1.807, 2.05) is 0 Å². The molecule has 0 aliphatic rings. The largest absolute Gasteiger partial charge is 0.468 e. The van der Waals surface area contributed by atoms with Gasteiger partial charge in [-0.15, -0.1) is 0 Å². The number of hydrogen-bond donors (Lipinski definition) is 1. The Morgan fingerprint density at radius 1 is 1.62 bits per heavy atom. The maximum Gasteiger partial charge on any atom is 0.325 e. The van der Waals surface area contributed by atoms with Crippen LogP contribution in [0.5, 0.6) is 0 Å². The Morgan fingerprint density at radius 3 is 2.81 bits per heavy atom. The quantitative estimate of drug-likeness (QED) is 0.766. The van der Waals surface area contributed by atoms with E-state index in [-0.39, 0.29) is 19.0 Å². The summed E-state index contributed by atoms with van der Waals surface area (Å²) < 4.78 is 5.83. The minimum absolute atomic E-state index is 0.0234. The Balaban J connectivity index is 2.46. The van der Waals surface area contributed by atoms with Crippen LogP contribution in [-0.2, 0) is 20.9 Å². The molecule has 1 aromatic heterocycles. The van der Waals surface area contributed by atoms with Gasteiger partial charge in [0.2, 0.25) is 5.91 Å². The highest BCUT2D eigenvalue weighted by Crippen LogP contribution is 2.12. The maximum atomic E-state index is 11.4. The highest BCUT2D eigenvalue weighted by Gasteiger charge is 2.09. The molecule has 1 rings (SSSR count). The van der Waals surface area contributed by atoms with Gasteiger partial charge < -0.3 is 10.1 Å². The van der Waals surface area contributed by atoms with Crippen LogP contribution in [0.4, 0.5) is 0 Å². The molecule has 1 N–H and O–H groups in total. The lowest BCUT2D eigenvalue weighted by atomic mass is 10.4. The molecule has 0 saturated carbocycles. The number of aromatic nitrogens is 2. The van der Waals surface area contributed by atoms with Crippen LogP contribution in [-0.4, -0.2) is 35.3 Å². The number of rotatable bonds is 4. The average molecular weight is 246 g/mol. The van der Waals surface area contributed by atoms with Gasteiger partial charge in [0.05, 0.1) is 24.0 Å². The predicted octanol–water partition coefficient (Wildman–Crippen LogP) is 0.134. The number of ether oxygens (including phenoxy) is 1. The standard InChI is InChI=1S/C9H12ClN3O3/c1-6-7(10)3-12-13(6)5-8(14)11-4-9(15)16-2/h3H,4-5H2,1-2H3,(H,11,14). The summed E-state index contributed by atoms with van der Waals surface area (Å²) in [5.41, 5.74) is 0.704. The number of nitrogens with one attached hydrogen (secondary N) is 1. The summed E-state index contributed by atoms with van der Waals surface area (Å²) in [7, 11) is 1.26. The lowest BCUT2D eigenvalue weighted by Crippen LogP contribution is -2.33. The van der Waals surface area contributed by atoms with Gasteiger partial charge in [0, 0.05) is 0 Å². The van der Waals surface area contributed by atoms with Gasteiger partial charge in [0.25, 0.3) is 0 Å². The van der Waals surface area contributed by atoms with E-state index >= 15 is 0 Å². The van der Waals surface area contributed by atoms with E-state index in [2.05, 4.69) is 15.2 Å². The van der Waals surface area contributed by atoms with Crippen molar-refractivity contribution in [2.45, 2.75) is 13.5 Å². The summed E-state index contributed by atoms with van der Waals surface area (Å²) in [6, 6.07) is 0. The van der Waals surface area contributed by atoms with Gasteiger partial charge in [-0.2, -0.15) is 5.10 Å². The molecule has 0 fully saturated rings. The number of carbonyl (C=O) groups is 2. The van der Waals surface area contributed by atoms with Gasteiger partial charge in [-0.25, -0.2) is 0 Å². The van der Waals surface area contributed by atoms with Crippen LogP contribution < -0.4 is 5.32 Å². The summed E-state index contributed by atoms with van der Waals surface area (Å²) in [6.07, 6.45) is 1.46. The van der Waals surface area contributed by atoms with E-state index in [0.717, 1.165) is 0 Å². The van der Waals surface area contributed by atoms with Crippen molar-refractivity contribution in [2.75, 3.05) is 13.7 Å². The van der Waals surface area contributed by atoms with E-state index in [4.69, 9.17) is 11.6 Å². The first-order valence-electron chi connectivity index (χ1n) is 4.56. The Hall–Kier alpha value is -1.56. The Morgan fingerprint density at radius 2 is 2.31 bits per heavy atom. The first-order chi connectivity index (χ1) is 7.54. The molecule has 1 amide bonds. The van der Waals surface area contributed by atoms with Gasteiger partial charge in [0.15, 0.2) is 0 Å². The molecule has 1 aromatic rings. The van der Waals surface area contributed by atoms with Crippen molar-refractivity contribution in [3.8, 4) is 0 Å². The fourth-order valence-corrected chi connectivity index (χ4v) is 1.16. The normalized spacial score (nSPS) is 9.94. The van der Waals surface area contributed by atoms with E-state index in [1.165, 1.54) is 18.0 Å². The van der Waals surface area contributed by atoms with Crippen molar-refractivity contribution in [2.24, 2.45) is 0 Å². The molecule has 0 aromatic carbocycles. The molecule has 1 heterocycles. The lowest BCUT2D eigenvalue weighted by Gasteiger charge is -2.05. The van der Waals surface area contributed by atoms with Crippen LogP contribution in [0, 0.1) is 6.92 Å². The highest BCUT2D eigenvalue weighted by molar-refractivity contribution is 6.31. The Bertz CT molecular complexity index is 403. The summed E-state index contributed by atoms with van der Waals surface area (Å²) in [5.74, 6) is -0.822. The molecule has 16 heavy (non-hydrogen) atoms. The maximum absolute atomic E-state index is 11.4. The molecule has 0 bridgehead atoms. The van der Waals surface area contributed by atoms with Gasteiger partial charge in [0.1, 0.15) is 13.1 Å². The number of hydrogen-bond acceptors (Lipinski definition) is 4. The monoisotopic (exact) mass is 245 g/mol. The van der Waals surface area contributed by atoms with Gasteiger partial charge in [-0.1, -0.05) is 11.6 Å². The van der Waals surface area contributed by atoms with E-state index in [0.29, 0.717) is 10.7 Å². The van der Waals surface area contributed by atoms with Crippen molar-refractivity contribution in [3.05, 3.63) is 16.9 Å². The average Bonchev–Trinajstić information content (AvgIpc) is 2.57. The molecule has 7 heteroatoms. The fraction of sp³-hybridized carbons (Fsp3) is 0.444. The van der Waals surface area contributed by atoms with Crippen LogP contribution in [0.25, 0.3) is 0 Å². The zero-order valence-corrected chi connectivity index (χ0v) is 9.74. The second kappa shape index (κ2) is 5.50. The molecule has 88 valence electrons. The molecule has 0 saturated heterocycles.